The minimum absolute atomic E-state index is 0.0481. The normalized spacial score (nSPS) is 18.2. The fraction of sp³-hybridized carbons (Fsp3) is 0. The lowest BCUT2D eigenvalue weighted by Crippen LogP contribution is -1.88. The Kier molecular flexibility index (Phi) is 2.95. The van der Waals surface area contributed by atoms with Crippen molar-refractivity contribution in [1.29, 1.82) is 0 Å². The molecule has 0 atom stereocenters. The van der Waals surface area contributed by atoms with Crippen molar-refractivity contribution < 1.29 is 34.6 Å². The zero-order valence-electron chi connectivity index (χ0n) is 46.0. The van der Waals surface area contributed by atoms with Crippen LogP contribution in [0.2, 0.25) is 0 Å². The third-order valence-electron chi connectivity index (χ3n) is 7.71. The van der Waals surface area contributed by atoms with Crippen LogP contribution in [0, 0.1) is 0 Å². The molecule has 0 aliphatic carbocycles. The maximum Gasteiger partial charge on any atom is 0.180 e. The minimum atomic E-state index is -0.865. The zero-order chi connectivity index (χ0) is 50.8. The molecule has 4 heteroatoms. The van der Waals surface area contributed by atoms with Crippen LogP contribution in [0.25, 0.3) is 97.7 Å². The summed E-state index contributed by atoms with van der Waals surface area (Å²) in [7, 11) is 0. The average Bonchev–Trinajstić information content (AvgIpc) is 3.92. The lowest BCUT2D eigenvalue weighted by molar-refractivity contribution is 0.667. The molecule has 0 aliphatic rings. The lowest BCUT2D eigenvalue weighted by Gasteiger charge is -2.09. The second-order valence-electron chi connectivity index (χ2n) is 10.5. The van der Waals surface area contributed by atoms with Crippen molar-refractivity contribution in [1.82, 2.24) is 9.97 Å². The number of rotatable bonds is 4. The van der Waals surface area contributed by atoms with Crippen LogP contribution in [-0.4, -0.2) is 9.97 Å². The summed E-state index contributed by atoms with van der Waals surface area (Å²) in [5, 5.41) is -0.643. The number of furan rings is 1. The molecule has 0 unspecified atom stereocenters. The predicted octanol–water partition coefficient (Wildman–Crippen LogP) is 12.6. The summed E-state index contributed by atoms with van der Waals surface area (Å²) in [6.07, 6.45) is 1.05. The molecule has 3 nitrogen and oxygen atoms in total. The number of hydrogen-bond donors (Lipinski definition) is 0. The fourth-order valence-corrected chi connectivity index (χ4v) is 6.59. The molecule has 224 valence electrons. The van der Waals surface area contributed by atoms with Crippen LogP contribution in [0.15, 0.2) is 162 Å². The predicted molar refractivity (Wildman–Crippen MR) is 201 cm³/mol. The Labute approximate surface area is 311 Å². The molecule has 7 aromatic carbocycles. The van der Waals surface area contributed by atoms with Crippen molar-refractivity contribution in [3.63, 3.8) is 0 Å². The Bertz CT molecular complexity index is 4110. The van der Waals surface area contributed by atoms with E-state index in [1.54, 1.807) is 0 Å². The molecule has 0 radical (unpaired) electrons. The summed E-state index contributed by atoms with van der Waals surface area (Å²) in [5.74, 6) is 0. The number of nitrogens with zero attached hydrogens (tertiary/aromatic N) is 2. The second kappa shape index (κ2) is 10.7. The van der Waals surface area contributed by atoms with Crippen LogP contribution in [-0.2, 0) is 0 Å². The third-order valence-corrected chi connectivity index (χ3v) is 8.84. The van der Waals surface area contributed by atoms with E-state index in [2.05, 4.69) is 9.97 Å². The van der Waals surface area contributed by atoms with Crippen molar-refractivity contribution in [3.05, 3.63) is 157 Å². The number of thiophene rings is 1. The van der Waals surface area contributed by atoms with E-state index in [1.165, 1.54) is 18.2 Å². The van der Waals surface area contributed by atoms with E-state index < -0.39 is 155 Å². The molecule has 0 saturated heterocycles. The van der Waals surface area contributed by atoms with Gasteiger partial charge in [0, 0.05) is 31.1 Å². The van der Waals surface area contributed by atoms with Crippen LogP contribution in [0.1, 0.15) is 30.2 Å². The van der Waals surface area contributed by atoms with Gasteiger partial charge in [-0.15, -0.1) is 11.3 Å². The number of fused-ring (bicyclic) bond motifs is 7. The zero-order valence-corrected chi connectivity index (χ0v) is 24.8. The van der Waals surface area contributed by atoms with Crippen molar-refractivity contribution in [2.75, 3.05) is 0 Å². The molecule has 3 heterocycles. The molecule has 48 heavy (non-hydrogen) atoms. The SMILES string of the molecule is [2H]c1c([2H])c(-c2c([2H])c([2H])c([2H])c(-c3c([2H])c([2H])c([2H])c4c3sc3c([2H])c([2H])c([2H])c([2H])c34)c2[2H])c([2H])c(-c2ncnc3c2oc2ccc(-c4c([2H])c([2H])c5c([2H])c([2H])c([2H])c([2H])c5c4[2H])cc23)c1[2H]. The maximum atomic E-state index is 9.56. The van der Waals surface area contributed by atoms with Crippen molar-refractivity contribution >= 4 is 64.4 Å². The second-order valence-corrected chi connectivity index (χ2v) is 11.5. The summed E-state index contributed by atoms with van der Waals surface area (Å²) in [5.41, 5.74) is -2.89. The molecule has 10 rings (SSSR count). The quantitative estimate of drug-likeness (QED) is 0.190. The smallest absolute Gasteiger partial charge is 0.180 e. The molecule has 0 fully saturated rings. The number of benzene rings is 7. The van der Waals surface area contributed by atoms with E-state index in [9.17, 15) is 2.74 Å². The van der Waals surface area contributed by atoms with Gasteiger partial charge in [0.1, 0.15) is 23.1 Å². The summed E-state index contributed by atoms with van der Waals surface area (Å²) in [6, 6.07) is -10.2. The van der Waals surface area contributed by atoms with Crippen LogP contribution < -0.4 is 0 Å². The molecule has 0 amide bonds. The van der Waals surface area contributed by atoms with Gasteiger partial charge < -0.3 is 4.42 Å². The van der Waals surface area contributed by atoms with Gasteiger partial charge in [-0.3, -0.25) is 0 Å². The first-order chi connectivity index (χ1) is 33.0. The highest BCUT2D eigenvalue weighted by Crippen LogP contribution is 2.41. The monoisotopic (exact) mass is 652 g/mol. The molecular formula is C44H26N2OS. The highest BCUT2D eigenvalue weighted by atomic mass is 32.1. The van der Waals surface area contributed by atoms with Gasteiger partial charge in [0.25, 0.3) is 0 Å². The molecule has 3 aromatic heterocycles. The van der Waals surface area contributed by atoms with Crippen molar-refractivity contribution in [2.45, 2.75) is 0 Å². The van der Waals surface area contributed by atoms with Crippen LogP contribution in [0.4, 0.5) is 0 Å². The topological polar surface area (TPSA) is 38.9 Å². The Morgan fingerprint density at radius 1 is 0.542 bits per heavy atom. The number of aromatic nitrogens is 2. The van der Waals surface area contributed by atoms with E-state index in [1.807, 2.05) is 0 Å². The molecule has 0 N–H and O–H groups in total. The molecule has 0 spiro atoms. The molecule has 0 saturated carbocycles. The van der Waals surface area contributed by atoms with Gasteiger partial charge in [0.05, 0.1) is 30.2 Å². The summed E-state index contributed by atoms with van der Waals surface area (Å²) >= 11 is 0.713. The maximum absolute atomic E-state index is 9.56. The standard InChI is InChI=1S/C44H26N2OS/c1-2-9-28-22-31(19-18-27(28)8-1)32-20-21-39-38(25-32)42-43(47-39)41(45-26-46-42)34-13-6-11-30(24-34)29-10-5-12-33(23-29)35-15-7-16-37-36-14-3-4-17-40(36)48-44(35)37/h1-26H/i1D,2D,3D,4D,5D,6D,7D,8D,9D,10D,11D,12D,13D,14D,15D,16D,17D,18D,19D,22D,23D,24D. The van der Waals surface area contributed by atoms with Gasteiger partial charge in [-0.05, 0) is 80.5 Å². The molecule has 0 aliphatic heterocycles. The minimum Gasteiger partial charge on any atom is -0.452 e. The van der Waals surface area contributed by atoms with E-state index in [0.29, 0.717) is 11.3 Å². The molecule has 0 bridgehead atoms. The van der Waals surface area contributed by atoms with E-state index in [4.69, 9.17) is 31.8 Å². The summed E-state index contributed by atoms with van der Waals surface area (Å²) < 4.78 is 199. The van der Waals surface area contributed by atoms with E-state index in [0.717, 1.165) is 6.33 Å². The van der Waals surface area contributed by atoms with E-state index >= 15 is 0 Å². The summed E-state index contributed by atoms with van der Waals surface area (Å²) in [4.78, 5) is 8.68. The van der Waals surface area contributed by atoms with Crippen molar-refractivity contribution in [2.24, 2.45) is 0 Å². The van der Waals surface area contributed by atoms with Crippen LogP contribution in [0.3, 0.4) is 0 Å². The van der Waals surface area contributed by atoms with E-state index in [-0.39, 0.29) is 75.4 Å². The molecular weight excluding hydrogens is 605 g/mol. The first kappa shape index (κ1) is 13.2. The number of hydrogen-bond acceptors (Lipinski definition) is 4. The highest BCUT2D eigenvalue weighted by molar-refractivity contribution is 7.26. The van der Waals surface area contributed by atoms with Gasteiger partial charge in [0.15, 0.2) is 5.58 Å². The van der Waals surface area contributed by atoms with Gasteiger partial charge in [-0.1, -0.05) is 115 Å². The van der Waals surface area contributed by atoms with Gasteiger partial charge >= 0.3 is 0 Å². The Balaban J connectivity index is 1.22. The Morgan fingerprint density at radius 2 is 1.27 bits per heavy atom. The van der Waals surface area contributed by atoms with Gasteiger partial charge in [0.2, 0.25) is 0 Å². The van der Waals surface area contributed by atoms with Gasteiger partial charge in [-0.2, -0.15) is 0 Å². The Hall–Kier alpha value is -6.10. The lowest BCUT2D eigenvalue weighted by atomic mass is 9.96. The third kappa shape index (κ3) is 4.34. The van der Waals surface area contributed by atoms with Crippen molar-refractivity contribution in [3.8, 4) is 44.6 Å². The Morgan fingerprint density at radius 3 is 2.19 bits per heavy atom. The average molecular weight is 653 g/mol. The summed E-state index contributed by atoms with van der Waals surface area (Å²) in [6.45, 7) is 0. The van der Waals surface area contributed by atoms with Crippen LogP contribution in [0.5, 0.6) is 0 Å². The highest BCUT2D eigenvalue weighted by Gasteiger charge is 2.17. The fourth-order valence-electron chi connectivity index (χ4n) is 5.52. The van der Waals surface area contributed by atoms with Crippen LogP contribution >= 0.6 is 11.3 Å². The first-order valence-electron chi connectivity index (χ1n) is 25.3. The molecule has 10 aromatic rings. The first-order valence-corrected chi connectivity index (χ1v) is 15.1. The van der Waals surface area contributed by atoms with Gasteiger partial charge in [-0.25, -0.2) is 9.97 Å². The largest absolute Gasteiger partial charge is 0.452 e.